The molecule has 0 aliphatic rings. The molecule has 0 saturated carbocycles. The van der Waals surface area contributed by atoms with Crippen LogP contribution >= 0.6 is 0 Å². The fraction of sp³-hybridized carbons (Fsp3) is 0.214. The number of rotatable bonds is 4. The van der Waals surface area contributed by atoms with E-state index in [1.807, 2.05) is 0 Å². The van der Waals surface area contributed by atoms with Crippen molar-refractivity contribution in [2.45, 2.75) is 11.4 Å². The minimum absolute atomic E-state index is 0.175. The number of aromatic nitrogens is 2. The molecule has 3 N–H and O–H groups in total. The van der Waals surface area contributed by atoms with Gasteiger partial charge in [-0.25, -0.2) is 13.4 Å². The number of hydrogen-bond donors (Lipinski definition) is 2. The van der Waals surface area contributed by atoms with Gasteiger partial charge in [-0.15, -0.1) is 0 Å². The zero-order valence-corrected chi connectivity index (χ0v) is 12.4. The van der Waals surface area contributed by atoms with Gasteiger partial charge in [0.05, 0.1) is 18.0 Å². The average Bonchev–Trinajstić information content (AvgIpc) is 2.98. The van der Waals surface area contributed by atoms with Gasteiger partial charge >= 0.3 is 0 Å². The highest BCUT2D eigenvalue weighted by molar-refractivity contribution is 7.89. The van der Waals surface area contributed by atoms with E-state index in [1.165, 1.54) is 17.4 Å². The highest BCUT2D eigenvalue weighted by Crippen LogP contribution is 2.16. The number of nitrogens with two attached hydrogens (primary N) is 1. The Labute approximate surface area is 124 Å². The quantitative estimate of drug-likeness (QED) is 0.806. The van der Waals surface area contributed by atoms with Crippen LogP contribution in [0.3, 0.4) is 0 Å². The van der Waals surface area contributed by atoms with Crippen LogP contribution in [0.25, 0.3) is 0 Å². The second-order valence-electron chi connectivity index (χ2n) is 4.33. The monoisotopic (exact) mass is 304 g/mol. The van der Waals surface area contributed by atoms with Gasteiger partial charge in [0.15, 0.2) is 0 Å². The number of nitrogens with zero attached hydrogens (tertiary/aromatic N) is 2. The third-order valence-corrected chi connectivity index (χ3v) is 4.60. The second kappa shape index (κ2) is 6.54. The summed E-state index contributed by atoms with van der Waals surface area (Å²) in [4.78, 5) is 7.10. The average molecular weight is 304 g/mol. The second-order valence-corrected chi connectivity index (χ2v) is 6.38. The smallest absolute Gasteiger partial charge is 0.243 e. The summed E-state index contributed by atoms with van der Waals surface area (Å²) in [6.45, 7) is 0.406. The molecule has 0 bridgehead atoms. The van der Waals surface area contributed by atoms with Crippen molar-refractivity contribution < 1.29 is 8.42 Å². The summed E-state index contributed by atoms with van der Waals surface area (Å²) >= 11 is 0. The minimum atomic E-state index is -3.59. The third-order valence-electron chi connectivity index (χ3n) is 2.80. The molecule has 0 aliphatic carbocycles. The lowest BCUT2D eigenvalue weighted by Gasteiger charge is -2.16. The summed E-state index contributed by atoms with van der Waals surface area (Å²) in [6, 6.07) is 6.49. The molecule has 0 spiro atoms. The largest absolute Gasteiger partial charge is 0.347 e. The van der Waals surface area contributed by atoms with E-state index >= 15 is 0 Å². The molecule has 2 rings (SSSR count). The van der Waals surface area contributed by atoms with E-state index in [4.69, 9.17) is 5.73 Å². The first-order valence-corrected chi connectivity index (χ1v) is 7.71. The summed E-state index contributed by atoms with van der Waals surface area (Å²) in [5.74, 6) is 6.11. The minimum Gasteiger partial charge on any atom is -0.347 e. The summed E-state index contributed by atoms with van der Waals surface area (Å²) < 4.78 is 26.2. The van der Waals surface area contributed by atoms with Crippen LogP contribution in [0.1, 0.15) is 11.4 Å². The molecule has 21 heavy (non-hydrogen) atoms. The Hall–Kier alpha value is -2.14. The molecule has 0 atom stereocenters. The molecule has 0 fully saturated rings. The van der Waals surface area contributed by atoms with Crippen LogP contribution in [0, 0.1) is 11.8 Å². The zero-order valence-electron chi connectivity index (χ0n) is 11.6. The Morgan fingerprint density at radius 2 is 2.24 bits per heavy atom. The van der Waals surface area contributed by atoms with Crippen LogP contribution in [0.15, 0.2) is 41.6 Å². The molecule has 0 radical (unpaired) electrons. The van der Waals surface area contributed by atoms with E-state index in [0.717, 1.165) is 0 Å². The van der Waals surface area contributed by atoms with Crippen molar-refractivity contribution in [2.24, 2.45) is 5.73 Å². The molecule has 0 unspecified atom stereocenters. The maximum atomic E-state index is 12.5. The van der Waals surface area contributed by atoms with Crippen LogP contribution < -0.4 is 5.73 Å². The number of hydrogen-bond acceptors (Lipinski definition) is 4. The Balaban J connectivity index is 2.26. The van der Waals surface area contributed by atoms with Crippen molar-refractivity contribution in [3.8, 4) is 11.8 Å². The van der Waals surface area contributed by atoms with Gasteiger partial charge in [-0.2, -0.15) is 4.31 Å². The van der Waals surface area contributed by atoms with Gasteiger partial charge in [0.25, 0.3) is 0 Å². The van der Waals surface area contributed by atoms with Gasteiger partial charge < -0.3 is 10.7 Å². The number of benzene rings is 1. The van der Waals surface area contributed by atoms with Gasteiger partial charge in [0.2, 0.25) is 10.0 Å². The van der Waals surface area contributed by atoms with Crippen molar-refractivity contribution in [2.75, 3.05) is 13.6 Å². The topological polar surface area (TPSA) is 92.1 Å². The molecule has 1 aromatic heterocycles. The Kier molecular flexibility index (Phi) is 4.75. The normalized spacial score (nSPS) is 11.2. The fourth-order valence-electron chi connectivity index (χ4n) is 1.75. The zero-order chi connectivity index (χ0) is 15.3. The van der Waals surface area contributed by atoms with Crippen molar-refractivity contribution in [1.82, 2.24) is 14.3 Å². The van der Waals surface area contributed by atoms with Gasteiger partial charge in [0, 0.05) is 25.0 Å². The third kappa shape index (κ3) is 3.70. The van der Waals surface area contributed by atoms with Crippen LogP contribution in [0.5, 0.6) is 0 Å². The van der Waals surface area contributed by atoms with Crippen molar-refractivity contribution in [3.05, 3.63) is 48.0 Å². The number of sulfonamides is 1. The molecule has 6 nitrogen and oxygen atoms in total. The van der Waals surface area contributed by atoms with Crippen molar-refractivity contribution in [1.29, 1.82) is 0 Å². The van der Waals surface area contributed by atoms with E-state index in [1.54, 1.807) is 30.6 Å². The van der Waals surface area contributed by atoms with Gasteiger partial charge in [0.1, 0.15) is 5.82 Å². The predicted octanol–water partition coefficient (Wildman–Crippen LogP) is 0.541. The Bertz CT molecular complexity index is 758. The number of H-pyrrole nitrogens is 1. The Morgan fingerprint density at radius 1 is 1.43 bits per heavy atom. The van der Waals surface area contributed by atoms with E-state index in [2.05, 4.69) is 21.8 Å². The molecular weight excluding hydrogens is 288 g/mol. The van der Waals surface area contributed by atoms with Crippen LogP contribution in [0.2, 0.25) is 0 Å². The lowest BCUT2D eigenvalue weighted by atomic mass is 10.2. The highest BCUT2D eigenvalue weighted by atomic mass is 32.2. The molecule has 7 heteroatoms. The summed E-state index contributed by atoms with van der Waals surface area (Å²) in [5, 5.41) is 0. The lowest BCUT2D eigenvalue weighted by molar-refractivity contribution is 0.458. The number of nitrogens with one attached hydrogen (secondary N) is 1. The first-order chi connectivity index (χ1) is 10.0. The fourth-order valence-corrected chi connectivity index (χ4v) is 2.93. The van der Waals surface area contributed by atoms with Crippen LogP contribution in [0.4, 0.5) is 0 Å². The van der Waals surface area contributed by atoms with E-state index in [0.29, 0.717) is 11.4 Å². The molecule has 110 valence electrons. The predicted molar refractivity (Wildman–Crippen MR) is 79.6 cm³/mol. The van der Waals surface area contributed by atoms with E-state index in [9.17, 15) is 8.42 Å². The molecule has 1 aromatic carbocycles. The number of imidazole rings is 1. The highest BCUT2D eigenvalue weighted by Gasteiger charge is 2.21. The van der Waals surface area contributed by atoms with Gasteiger partial charge in [-0.3, -0.25) is 0 Å². The summed E-state index contributed by atoms with van der Waals surface area (Å²) in [5.41, 5.74) is 5.93. The molecule has 0 amide bonds. The van der Waals surface area contributed by atoms with E-state index in [-0.39, 0.29) is 18.0 Å². The first-order valence-electron chi connectivity index (χ1n) is 6.27. The Morgan fingerprint density at radius 3 is 2.90 bits per heavy atom. The van der Waals surface area contributed by atoms with Gasteiger partial charge in [-0.05, 0) is 18.2 Å². The van der Waals surface area contributed by atoms with Crippen molar-refractivity contribution in [3.63, 3.8) is 0 Å². The van der Waals surface area contributed by atoms with Gasteiger partial charge in [-0.1, -0.05) is 17.9 Å². The number of aromatic amines is 1. The summed E-state index contributed by atoms with van der Waals surface area (Å²) in [7, 11) is -2.08. The molecule has 2 aromatic rings. The summed E-state index contributed by atoms with van der Waals surface area (Å²) in [6.07, 6.45) is 3.23. The van der Waals surface area contributed by atoms with Crippen LogP contribution in [-0.4, -0.2) is 36.3 Å². The SMILES string of the molecule is CN(Cc1ncc[nH]1)S(=O)(=O)c1cccc(C#CCN)c1. The van der Waals surface area contributed by atoms with Crippen molar-refractivity contribution >= 4 is 10.0 Å². The lowest BCUT2D eigenvalue weighted by Crippen LogP contribution is -2.27. The van der Waals surface area contributed by atoms with E-state index < -0.39 is 10.0 Å². The molecular formula is C14H16N4O2S. The molecule has 0 aliphatic heterocycles. The maximum absolute atomic E-state index is 12.5. The molecule has 1 heterocycles. The molecule has 0 saturated heterocycles. The van der Waals surface area contributed by atoms with Crippen LogP contribution in [-0.2, 0) is 16.6 Å². The first kappa shape index (κ1) is 15.3. The standard InChI is InChI=1S/C14H16N4O2S/c1-18(11-14-16-8-9-17-14)21(19,20)13-6-2-4-12(10-13)5-3-7-15/h2,4,6,8-10H,7,11,15H2,1H3,(H,16,17). The maximum Gasteiger partial charge on any atom is 0.243 e.